The van der Waals surface area contributed by atoms with Gasteiger partial charge in [0.15, 0.2) is 0 Å². The van der Waals surface area contributed by atoms with Crippen LogP contribution in [-0.2, 0) is 18.4 Å². The number of rotatable bonds is 37. The standard InChI is InChI=1S/C43H81N2O6P/c1-6-8-10-12-14-16-17-18-19-20-21-22-23-24-25-26-27-29-31-33-35-37-43(47)44-41(40-51-52(48,49)50-39-38-45(3,4)5)42(46)36-34-32-30-28-15-13-11-9-7-2/h15,17-18,20-21,28,34,36,41-42,46H,6-14,16,19,22-27,29-33,35,37-40H2,1-5H3,(H-,44,47,48,49)/p+1/b18-17-,21-20-,28-15+,36-34+. The maximum Gasteiger partial charge on any atom is 0.472 e. The van der Waals surface area contributed by atoms with E-state index < -0.39 is 20.0 Å². The highest BCUT2D eigenvalue weighted by Crippen LogP contribution is 2.43. The lowest BCUT2D eigenvalue weighted by atomic mass is 10.1. The van der Waals surface area contributed by atoms with Gasteiger partial charge in [-0.15, -0.1) is 0 Å². The molecule has 0 spiro atoms. The number of carbonyl (C=O) groups is 1. The Labute approximate surface area is 320 Å². The van der Waals surface area contributed by atoms with Crippen molar-refractivity contribution in [1.82, 2.24) is 5.32 Å². The lowest BCUT2D eigenvalue weighted by Gasteiger charge is -2.25. The molecule has 3 unspecified atom stereocenters. The summed E-state index contributed by atoms with van der Waals surface area (Å²) >= 11 is 0. The quantitative estimate of drug-likeness (QED) is 0.0252. The van der Waals surface area contributed by atoms with Crippen LogP contribution in [0.4, 0.5) is 0 Å². The Morgan fingerprint density at radius 3 is 1.69 bits per heavy atom. The van der Waals surface area contributed by atoms with E-state index in [0.717, 1.165) is 44.9 Å². The Balaban J connectivity index is 4.33. The first-order chi connectivity index (χ1) is 25.0. The summed E-state index contributed by atoms with van der Waals surface area (Å²) in [5.41, 5.74) is 0. The highest BCUT2D eigenvalue weighted by molar-refractivity contribution is 7.47. The van der Waals surface area contributed by atoms with Crippen LogP contribution in [0.25, 0.3) is 0 Å². The molecule has 0 aliphatic rings. The number of hydrogen-bond donors (Lipinski definition) is 3. The summed E-state index contributed by atoms with van der Waals surface area (Å²) in [4.78, 5) is 23.0. The number of hydrogen-bond acceptors (Lipinski definition) is 5. The minimum Gasteiger partial charge on any atom is -0.387 e. The van der Waals surface area contributed by atoms with Crippen LogP contribution in [-0.4, -0.2) is 73.4 Å². The number of quaternary nitrogens is 1. The van der Waals surface area contributed by atoms with Crippen molar-refractivity contribution in [1.29, 1.82) is 0 Å². The molecule has 0 rings (SSSR count). The molecule has 1 amide bonds. The van der Waals surface area contributed by atoms with Crippen LogP contribution in [0.3, 0.4) is 0 Å². The normalized spacial score (nSPS) is 15.0. The molecule has 52 heavy (non-hydrogen) atoms. The smallest absolute Gasteiger partial charge is 0.387 e. The monoisotopic (exact) mass is 754 g/mol. The van der Waals surface area contributed by atoms with E-state index in [9.17, 15) is 19.4 Å². The van der Waals surface area contributed by atoms with Crippen LogP contribution in [0.2, 0.25) is 0 Å². The Morgan fingerprint density at radius 2 is 1.12 bits per heavy atom. The zero-order valence-electron chi connectivity index (χ0n) is 34.3. The first-order valence-electron chi connectivity index (χ1n) is 21.0. The van der Waals surface area contributed by atoms with E-state index >= 15 is 0 Å². The van der Waals surface area contributed by atoms with Crippen molar-refractivity contribution < 1.29 is 32.9 Å². The Kier molecular flexibility index (Phi) is 34.1. The van der Waals surface area contributed by atoms with Crippen LogP contribution in [0.1, 0.15) is 168 Å². The lowest BCUT2D eigenvalue weighted by molar-refractivity contribution is -0.870. The van der Waals surface area contributed by atoms with Gasteiger partial charge in [0.1, 0.15) is 13.2 Å². The molecule has 0 saturated carbocycles. The summed E-state index contributed by atoms with van der Waals surface area (Å²) in [6.45, 7) is 4.71. The molecule has 0 radical (unpaired) electrons. The van der Waals surface area contributed by atoms with Crippen LogP contribution in [0.15, 0.2) is 48.6 Å². The molecule has 3 N–H and O–H groups in total. The van der Waals surface area contributed by atoms with E-state index in [1.807, 2.05) is 27.2 Å². The van der Waals surface area contributed by atoms with Crippen molar-refractivity contribution in [3.63, 3.8) is 0 Å². The highest BCUT2D eigenvalue weighted by Gasteiger charge is 2.27. The lowest BCUT2D eigenvalue weighted by Crippen LogP contribution is -2.45. The third-order valence-corrected chi connectivity index (χ3v) is 10.0. The van der Waals surface area contributed by atoms with E-state index in [0.29, 0.717) is 17.4 Å². The van der Waals surface area contributed by atoms with Crippen molar-refractivity contribution in [2.75, 3.05) is 40.9 Å². The summed E-state index contributed by atoms with van der Waals surface area (Å²) in [5, 5.41) is 13.7. The van der Waals surface area contributed by atoms with Crippen LogP contribution < -0.4 is 5.32 Å². The molecule has 0 saturated heterocycles. The van der Waals surface area contributed by atoms with E-state index in [1.165, 1.54) is 103 Å². The maximum absolute atomic E-state index is 12.8. The fourth-order valence-corrected chi connectivity index (χ4v) is 6.35. The van der Waals surface area contributed by atoms with Gasteiger partial charge >= 0.3 is 7.82 Å². The molecule has 0 aromatic heterocycles. The summed E-state index contributed by atoms with van der Waals surface area (Å²) in [7, 11) is 1.54. The molecule has 3 atom stereocenters. The van der Waals surface area contributed by atoms with Crippen LogP contribution in [0, 0.1) is 0 Å². The number of phosphoric ester groups is 1. The second kappa shape index (κ2) is 35.2. The Hall–Kier alpha value is -1.54. The predicted octanol–water partition coefficient (Wildman–Crippen LogP) is 11.3. The van der Waals surface area contributed by atoms with E-state index in [4.69, 9.17) is 9.05 Å². The minimum atomic E-state index is -4.34. The molecule has 0 heterocycles. The average molecular weight is 754 g/mol. The van der Waals surface area contributed by atoms with Gasteiger partial charge in [-0.25, -0.2) is 4.57 Å². The fraction of sp³-hybridized carbons (Fsp3) is 0.791. The molecule has 0 aliphatic carbocycles. The first-order valence-corrected chi connectivity index (χ1v) is 22.5. The van der Waals surface area contributed by atoms with Crippen molar-refractivity contribution in [2.45, 2.75) is 180 Å². The number of carbonyl (C=O) groups excluding carboxylic acids is 1. The predicted molar refractivity (Wildman–Crippen MR) is 221 cm³/mol. The number of unbranched alkanes of at least 4 members (excludes halogenated alkanes) is 18. The van der Waals surface area contributed by atoms with E-state index in [1.54, 1.807) is 6.08 Å². The van der Waals surface area contributed by atoms with Gasteiger partial charge in [0.2, 0.25) is 5.91 Å². The minimum absolute atomic E-state index is 0.0535. The van der Waals surface area contributed by atoms with Crippen molar-refractivity contribution in [3.05, 3.63) is 48.6 Å². The third-order valence-electron chi connectivity index (χ3n) is 9.02. The summed E-state index contributed by atoms with van der Waals surface area (Å²) < 4.78 is 23.4. The van der Waals surface area contributed by atoms with Gasteiger partial charge in [-0.3, -0.25) is 13.8 Å². The summed E-state index contributed by atoms with van der Waals surface area (Å²) in [5.74, 6) is -0.197. The molecule has 0 aromatic carbocycles. The van der Waals surface area contributed by atoms with Gasteiger partial charge < -0.3 is 19.8 Å². The van der Waals surface area contributed by atoms with E-state index in [2.05, 4.69) is 55.6 Å². The second-order valence-electron chi connectivity index (χ2n) is 15.4. The maximum atomic E-state index is 12.8. The Bertz CT molecular complexity index is 991. The van der Waals surface area contributed by atoms with Gasteiger partial charge in [-0.2, -0.15) is 0 Å². The zero-order chi connectivity index (χ0) is 38.6. The van der Waals surface area contributed by atoms with Gasteiger partial charge in [0, 0.05) is 6.42 Å². The molecule has 0 aromatic rings. The molecule has 9 heteroatoms. The first kappa shape index (κ1) is 50.5. The second-order valence-corrected chi connectivity index (χ2v) is 16.8. The number of nitrogens with zero attached hydrogens (tertiary/aromatic N) is 1. The molecule has 304 valence electrons. The number of nitrogens with one attached hydrogen (secondary N) is 1. The average Bonchev–Trinajstić information content (AvgIpc) is 3.09. The number of phosphoric acid groups is 1. The number of amides is 1. The molecule has 8 nitrogen and oxygen atoms in total. The summed E-state index contributed by atoms with van der Waals surface area (Å²) in [6.07, 6.45) is 43.3. The van der Waals surface area contributed by atoms with Crippen molar-refractivity contribution >= 4 is 13.7 Å². The van der Waals surface area contributed by atoms with Crippen LogP contribution >= 0.6 is 7.82 Å². The number of aliphatic hydroxyl groups is 1. The molecular weight excluding hydrogens is 671 g/mol. The van der Waals surface area contributed by atoms with Crippen LogP contribution in [0.5, 0.6) is 0 Å². The highest BCUT2D eigenvalue weighted by atomic mass is 31.2. The molecule has 0 fully saturated rings. The van der Waals surface area contributed by atoms with Crippen molar-refractivity contribution in [2.24, 2.45) is 0 Å². The summed E-state index contributed by atoms with van der Waals surface area (Å²) in [6, 6.07) is -0.863. The van der Waals surface area contributed by atoms with Gasteiger partial charge in [-0.05, 0) is 64.2 Å². The van der Waals surface area contributed by atoms with Gasteiger partial charge in [0.25, 0.3) is 0 Å². The van der Waals surface area contributed by atoms with Crippen molar-refractivity contribution in [3.8, 4) is 0 Å². The topological polar surface area (TPSA) is 105 Å². The zero-order valence-corrected chi connectivity index (χ0v) is 35.2. The SMILES string of the molecule is CCCCC/C=C/CC/C=C/C(O)C(COP(=O)(O)OCC[N+](C)(C)C)NC(=O)CCCCCCCCCCC/C=C\C/C=C\CCCCCCC. The fourth-order valence-electron chi connectivity index (χ4n) is 5.61. The van der Waals surface area contributed by atoms with Gasteiger partial charge in [-0.1, -0.05) is 146 Å². The number of likely N-dealkylation sites (N-methyl/N-ethyl adjacent to an activating group) is 1. The largest absolute Gasteiger partial charge is 0.472 e. The van der Waals surface area contributed by atoms with E-state index in [-0.39, 0.29) is 19.1 Å². The molecular formula is C43H82N2O6P+. The molecule has 0 bridgehead atoms. The third kappa shape index (κ3) is 36.8. The number of aliphatic hydroxyl groups excluding tert-OH is 1. The Morgan fingerprint density at radius 1 is 0.654 bits per heavy atom. The van der Waals surface area contributed by atoms with Gasteiger partial charge in [0.05, 0.1) is 39.9 Å². The number of allylic oxidation sites excluding steroid dienone is 7. The molecule has 0 aliphatic heterocycles.